The van der Waals surface area contributed by atoms with Crippen LogP contribution in [-0.2, 0) is 0 Å². The Labute approximate surface area is 79.3 Å². The molecular weight excluding hydrogens is 102 g/mol. The van der Waals surface area contributed by atoms with Crippen molar-refractivity contribution in [2.24, 2.45) is 0 Å². The van der Waals surface area contributed by atoms with Gasteiger partial charge in [0, 0.05) is 0 Å². The molecule has 1 aromatic rings. The van der Waals surface area contributed by atoms with Crippen molar-refractivity contribution in [3.63, 3.8) is 0 Å². The summed E-state index contributed by atoms with van der Waals surface area (Å²) in [7, 11) is 0. The molecule has 8 heavy (non-hydrogen) atoms. The van der Waals surface area contributed by atoms with E-state index in [1.54, 1.807) is 0 Å². The molecule has 0 aliphatic rings. The van der Waals surface area contributed by atoms with E-state index in [1.807, 2.05) is 6.07 Å². The first-order chi connectivity index (χ1) is 3.39. The minimum atomic E-state index is 0. The van der Waals surface area contributed by atoms with Crippen molar-refractivity contribution in [3.05, 3.63) is 30.3 Å². The van der Waals surface area contributed by atoms with Gasteiger partial charge >= 0.3 is 79.9 Å². The van der Waals surface area contributed by atoms with Crippen LogP contribution in [0.25, 0.3) is 0 Å². The Morgan fingerprint density at radius 2 is 1.50 bits per heavy atom. The second kappa shape index (κ2) is 4.67. The molecule has 0 spiro atoms. The minimum absolute atomic E-state index is 0. The van der Waals surface area contributed by atoms with Gasteiger partial charge in [-0.1, -0.05) is 0 Å². The monoisotopic (exact) mass is 108 g/mol. The van der Waals surface area contributed by atoms with Gasteiger partial charge in [-0.2, -0.15) is 0 Å². The third-order valence-corrected chi connectivity index (χ3v) is 1.61. The van der Waals surface area contributed by atoms with E-state index in [9.17, 15) is 0 Å². The molecule has 0 atom stereocenters. The molecule has 0 nitrogen and oxygen atoms in total. The maximum absolute atomic E-state index is 2.15. The molecule has 32 valence electrons. The van der Waals surface area contributed by atoms with E-state index in [1.165, 1.54) is 30.7 Å². The van der Waals surface area contributed by atoms with Gasteiger partial charge in [-0.3, -0.25) is 0 Å². The van der Waals surface area contributed by atoms with Gasteiger partial charge < -0.3 is 0 Å². The Morgan fingerprint density at radius 1 is 1.00 bits per heavy atom. The molecule has 1 rings (SSSR count). The number of hydrogen-bond donors (Lipinski definition) is 0. The Balaban J connectivity index is 0.000000490. The van der Waals surface area contributed by atoms with Gasteiger partial charge in [0.05, 0.1) is 0 Å². The van der Waals surface area contributed by atoms with Crippen molar-refractivity contribution in [3.8, 4) is 0 Å². The molecule has 1 aromatic carbocycles. The van der Waals surface area contributed by atoms with Crippen molar-refractivity contribution in [2.75, 3.05) is 0 Å². The molecule has 0 aliphatic heterocycles. The van der Waals surface area contributed by atoms with Crippen molar-refractivity contribution in [1.29, 1.82) is 0 Å². The van der Waals surface area contributed by atoms with Crippen LogP contribution in [0.15, 0.2) is 30.3 Å². The van der Waals surface area contributed by atoms with E-state index >= 15 is 0 Å². The Bertz CT molecular complexity index is 138. The van der Waals surface area contributed by atoms with Crippen LogP contribution < -0.4 is 2.81 Å². The normalized spacial score (nSPS) is 7.75. The molecule has 0 aliphatic carbocycles. The summed E-state index contributed by atoms with van der Waals surface area (Å²) < 4.78 is 1.46. The van der Waals surface area contributed by atoms with Crippen LogP contribution in [0.4, 0.5) is 0 Å². The first-order valence-corrected chi connectivity index (χ1v) is 3.41. The molecule has 0 radical (unpaired) electrons. The molecule has 2 heteroatoms. The van der Waals surface area contributed by atoms with Crippen LogP contribution in [0.1, 0.15) is 0 Å². The van der Waals surface area contributed by atoms with E-state index in [0.29, 0.717) is 0 Å². The zero-order chi connectivity index (χ0) is 5.11. The van der Waals surface area contributed by atoms with Crippen molar-refractivity contribution in [1.82, 2.24) is 0 Å². The first kappa shape index (κ1) is 8.82. The summed E-state index contributed by atoms with van der Waals surface area (Å²) >= 11 is 1.17. The number of rotatable bonds is 0. The molecule has 0 amide bonds. The molecule has 0 bridgehead atoms. The van der Waals surface area contributed by atoms with Gasteiger partial charge in [-0.25, -0.2) is 0 Å². The quantitative estimate of drug-likeness (QED) is 0.405. The Morgan fingerprint density at radius 3 is 1.75 bits per heavy atom. The standard InChI is InChI=1S/C6H5.Li.Na.H/c1-2-4-6-5-3-1;;;/h1-5H;;;. The predicted octanol–water partition coefficient (Wildman–Crippen LogP) is -0.168. The van der Waals surface area contributed by atoms with Crippen LogP contribution in [0, 0.1) is 0 Å². The summed E-state index contributed by atoms with van der Waals surface area (Å²) in [4.78, 5) is 0. The summed E-state index contributed by atoms with van der Waals surface area (Å²) in [5.74, 6) is 0. The Kier molecular flexibility index (Phi) is 5.15. The van der Waals surface area contributed by atoms with Gasteiger partial charge in [0.2, 0.25) is 0 Å². The Hall–Kier alpha value is 0.817. The third kappa shape index (κ3) is 2.97. The molecule has 0 aromatic heterocycles. The van der Waals surface area contributed by atoms with Crippen molar-refractivity contribution >= 4 is 49.6 Å². The topological polar surface area (TPSA) is 0 Å². The molecule has 0 fully saturated rings. The van der Waals surface area contributed by atoms with Gasteiger partial charge in [-0.15, -0.1) is 0 Å². The average Bonchev–Trinajstić information content (AvgIpc) is 1.69. The summed E-state index contributed by atoms with van der Waals surface area (Å²) in [5.41, 5.74) is 0. The summed E-state index contributed by atoms with van der Waals surface area (Å²) in [6, 6.07) is 10.5. The average molecular weight is 108 g/mol. The molecular formula is C6H6LiNa. The fraction of sp³-hybridized carbons (Fsp3) is 0. The van der Waals surface area contributed by atoms with Crippen LogP contribution in [0.5, 0.6) is 0 Å². The van der Waals surface area contributed by atoms with Crippen LogP contribution >= 0.6 is 0 Å². The van der Waals surface area contributed by atoms with Gasteiger partial charge in [0.15, 0.2) is 0 Å². The predicted molar refractivity (Wildman–Crippen MR) is 39.0 cm³/mol. The van der Waals surface area contributed by atoms with Crippen LogP contribution in [0.3, 0.4) is 0 Å². The summed E-state index contributed by atoms with van der Waals surface area (Å²) in [6.45, 7) is 0. The molecule has 0 heterocycles. The number of benzene rings is 1. The fourth-order valence-electron chi connectivity index (χ4n) is 0.534. The second-order valence-electron chi connectivity index (χ2n) is 1.65. The van der Waals surface area contributed by atoms with Crippen molar-refractivity contribution in [2.45, 2.75) is 0 Å². The fourth-order valence-corrected chi connectivity index (χ4v) is 0.919. The van der Waals surface area contributed by atoms with Crippen LogP contribution in [0.2, 0.25) is 0 Å². The van der Waals surface area contributed by atoms with Gasteiger partial charge in [0.25, 0.3) is 0 Å². The molecule has 0 saturated carbocycles. The van der Waals surface area contributed by atoms with Gasteiger partial charge in [-0.05, 0) is 0 Å². The van der Waals surface area contributed by atoms with Crippen molar-refractivity contribution < 1.29 is 0 Å². The molecule has 0 N–H and O–H groups in total. The summed E-state index contributed by atoms with van der Waals surface area (Å²) in [5, 5.41) is 0. The molecule has 0 unspecified atom stereocenters. The second-order valence-corrected chi connectivity index (χ2v) is 2.81. The zero-order valence-corrected chi connectivity index (χ0v) is 6.39. The third-order valence-electron chi connectivity index (χ3n) is 0.940. The van der Waals surface area contributed by atoms with E-state index < -0.39 is 0 Å². The molecule has 0 saturated heterocycles. The summed E-state index contributed by atoms with van der Waals surface area (Å²) in [6.07, 6.45) is 0. The maximum atomic E-state index is 2.15. The van der Waals surface area contributed by atoms with Crippen LogP contribution in [-0.4, -0.2) is 46.8 Å². The van der Waals surface area contributed by atoms with E-state index in [0.717, 1.165) is 0 Å². The van der Waals surface area contributed by atoms with Gasteiger partial charge in [0.1, 0.15) is 0 Å². The SMILES string of the molecule is [LiH].[Na][c]1ccccc1. The van der Waals surface area contributed by atoms with E-state index in [-0.39, 0.29) is 18.9 Å². The first-order valence-electron chi connectivity index (χ1n) is 2.41. The van der Waals surface area contributed by atoms with E-state index in [2.05, 4.69) is 24.3 Å². The zero-order valence-electron chi connectivity index (χ0n) is 4.39. The van der Waals surface area contributed by atoms with E-state index in [4.69, 9.17) is 0 Å². The number of hydrogen-bond acceptors (Lipinski definition) is 0.